The summed E-state index contributed by atoms with van der Waals surface area (Å²) in [6, 6.07) is 3.96. The molecule has 1 aromatic rings. The number of ether oxygens (including phenoxy) is 1. The van der Waals surface area contributed by atoms with Crippen LogP contribution in [0.15, 0.2) is 35.3 Å². The Kier molecular flexibility index (Phi) is 6.41. The summed E-state index contributed by atoms with van der Waals surface area (Å²) >= 11 is 3.34. The summed E-state index contributed by atoms with van der Waals surface area (Å²) in [5, 5.41) is 11.5. The van der Waals surface area contributed by atoms with Gasteiger partial charge in [0.2, 0.25) is 0 Å². The summed E-state index contributed by atoms with van der Waals surface area (Å²) in [4.78, 5) is 23.0. The molecule has 1 amide bonds. The minimum atomic E-state index is -1.14. The van der Waals surface area contributed by atoms with Crippen molar-refractivity contribution in [1.82, 2.24) is 5.32 Å². The lowest BCUT2D eigenvalue weighted by Crippen LogP contribution is -2.44. The van der Waals surface area contributed by atoms with E-state index in [0.29, 0.717) is 5.56 Å². The summed E-state index contributed by atoms with van der Waals surface area (Å²) in [5.41, 5.74) is 1.30. The molecule has 0 fully saturated rings. The Hall–Kier alpha value is -1.66. The van der Waals surface area contributed by atoms with E-state index in [9.17, 15) is 9.59 Å². The Labute approximate surface area is 125 Å². The van der Waals surface area contributed by atoms with Crippen LogP contribution < -0.4 is 5.32 Å². The van der Waals surface area contributed by atoms with Crippen molar-refractivity contribution in [2.45, 2.75) is 13.0 Å². The molecule has 2 N–H and O–H groups in total. The molecule has 0 bridgehead atoms. The number of carbonyl (C=O) groups is 2. The molecule has 1 aromatic carbocycles. The van der Waals surface area contributed by atoms with Gasteiger partial charge in [-0.05, 0) is 30.7 Å². The van der Waals surface area contributed by atoms with Gasteiger partial charge in [0.15, 0.2) is 6.04 Å². The number of amides is 1. The van der Waals surface area contributed by atoms with Crippen LogP contribution in [-0.4, -0.2) is 36.2 Å². The maximum Gasteiger partial charge on any atom is 0.328 e. The number of carbonyl (C=O) groups excluding carboxylic acids is 1. The van der Waals surface area contributed by atoms with E-state index in [4.69, 9.17) is 9.84 Å². The summed E-state index contributed by atoms with van der Waals surface area (Å²) < 4.78 is 5.95. The Morgan fingerprint density at radius 2 is 2.25 bits per heavy atom. The zero-order valence-electron chi connectivity index (χ0n) is 11.1. The molecular formula is C14H16BrNO4. The van der Waals surface area contributed by atoms with Crippen LogP contribution >= 0.6 is 15.9 Å². The number of carboxylic acids is 1. The van der Waals surface area contributed by atoms with Gasteiger partial charge in [0.05, 0.1) is 13.2 Å². The van der Waals surface area contributed by atoms with Crippen LogP contribution in [0.3, 0.4) is 0 Å². The third-order valence-corrected chi connectivity index (χ3v) is 3.43. The maximum atomic E-state index is 12.0. The number of aliphatic carboxylic acids is 1. The van der Waals surface area contributed by atoms with Gasteiger partial charge in [-0.25, -0.2) is 4.79 Å². The van der Waals surface area contributed by atoms with Crippen LogP contribution in [0.2, 0.25) is 0 Å². The highest BCUT2D eigenvalue weighted by atomic mass is 79.9. The van der Waals surface area contributed by atoms with Crippen molar-refractivity contribution >= 4 is 27.8 Å². The molecule has 0 heterocycles. The maximum absolute atomic E-state index is 12.0. The predicted octanol–water partition coefficient (Wildman–Crippen LogP) is 2.14. The van der Waals surface area contributed by atoms with E-state index >= 15 is 0 Å². The molecular weight excluding hydrogens is 326 g/mol. The van der Waals surface area contributed by atoms with Gasteiger partial charge in [0.1, 0.15) is 0 Å². The van der Waals surface area contributed by atoms with Crippen molar-refractivity contribution in [3.8, 4) is 0 Å². The molecule has 0 spiro atoms. The van der Waals surface area contributed by atoms with E-state index in [1.54, 1.807) is 18.2 Å². The first-order chi connectivity index (χ1) is 9.45. The van der Waals surface area contributed by atoms with Crippen LogP contribution in [0, 0.1) is 6.92 Å². The van der Waals surface area contributed by atoms with Crippen LogP contribution in [0.25, 0.3) is 0 Å². The van der Waals surface area contributed by atoms with Crippen LogP contribution in [-0.2, 0) is 9.53 Å². The smallest absolute Gasteiger partial charge is 0.328 e. The highest BCUT2D eigenvalue weighted by Gasteiger charge is 2.20. The molecule has 1 atom stereocenters. The molecule has 6 heteroatoms. The van der Waals surface area contributed by atoms with Crippen LogP contribution in [0.1, 0.15) is 15.9 Å². The van der Waals surface area contributed by atoms with Crippen molar-refractivity contribution in [2.24, 2.45) is 0 Å². The van der Waals surface area contributed by atoms with Crippen molar-refractivity contribution in [3.05, 3.63) is 46.5 Å². The average Bonchev–Trinajstić information content (AvgIpc) is 2.40. The molecule has 0 aromatic heterocycles. The van der Waals surface area contributed by atoms with Crippen LogP contribution in [0.4, 0.5) is 0 Å². The first-order valence-corrected chi connectivity index (χ1v) is 6.73. The lowest BCUT2D eigenvalue weighted by molar-refractivity contribution is -0.140. The predicted molar refractivity (Wildman–Crippen MR) is 78.8 cm³/mol. The fraction of sp³-hybridized carbons (Fsp3) is 0.286. The van der Waals surface area contributed by atoms with Gasteiger partial charge >= 0.3 is 5.97 Å². The molecule has 0 aliphatic carbocycles. The SMILES string of the molecule is C=CCOCC(NC(=O)c1ccc(Br)c(C)c1)C(=O)O. The average molecular weight is 342 g/mol. The Morgan fingerprint density at radius 1 is 1.55 bits per heavy atom. The molecule has 1 rings (SSSR count). The zero-order valence-corrected chi connectivity index (χ0v) is 12.6. The fourth-order valence-electron chi connectivity index (χ4n) is 1.47. The number of hydrogen-bond donors (Lipinski definition) is 2. The Bertz CT molecular complexity index is 516. The monoisotopic (exact) mass is 341 g/mol. The number of nitrogens with one attached hydrogen (secondary N) is 1. The lowest BCUT2D eigenvalue weighted by atomic mass is 10.1. The molecule has 0 saturated heterocycles. The van der Waals surface area contributed by atoms with E-state index in [0.717, 1.165) is 10.0 Å². The number of rotatable bonds is 7. The van der Waals surface area contributed by atoms with Gasteiger partial charge in [-0.2, -0.15) is 0 Å². The van der Waals surface area contributed by atoms with E-state index < -0.39 is 17.9 Å². The number of halogens is 1. The topological polar surface area (TPSA) is 75.6 Å². The van der Waals surface area contributed by atoms with Gasteiger partial charge in [0.25, 0.3) is 5.91 Å². The molecule has 0 saturated carbocycles. The first kappa shape index (κ1) is 16.4. The third kappa shape index (κ3) is 4.79. The normalized spacial score (nSPS) is 11.7. The third-order valence-electron chi connectivity index (χ3n) is 2.54. The van der Waals surface area contributed by atoms with Crippen molar-refractivity contribution < 1.29 is 19.4 Å². The molecule has 5 nitrogen and oxygen atoms in total. The van der Waals surface area contributed by atoms with Gasteiger partial charge in [-0.3, -0.25) is 4.79 Å². The van der Waals surface area contributed by atoms with Gasteiger partial charge in [0, 0.05) is 10.0 Å². The quantitative estimate of drug-likeness (QED) is 0.588. The molecule has 20 heavy (non-hydrogen) atoms. The van der Waals surface area contributed by atoms with E-state index in [1.165, 1.54) is 6.08 Å². The summed E-state index contributed by atoms with van der Waals surface area (Å²) in [5.74, 6) is -1.59. The minimum absolute atomic E-state index is 0.109. The van der Waals surface area contributed by atoms with Crippen molar-refractivity contribution in [2.75, 3.05) is 13.2 Å². The molecule has 0 aliphatic heterocycles. The van der Waals surface area contributed by atoms with E-state index in [1.807, 2.05) is 6.92 Å². The van der Waals surface area contributed by atoms with Gasteiger partial charge in [-0.15, -0.1) is 6.58 Å². The molecule has 0 radical (unpaired) electrons. The largest absolute Gasteiger partial charge is 0.480 e. The second-order valence-electron chi connectivity index (χ2n) is 4.15. The summed E-state index contributed by atoms with van der Waals surface area (Å²) in [6.45, 7) is 5.44. The van der Waals surface area contributed by atoms with Crippen molar-refractivity contribution in [3.63, 3.8) is 0 Å². The van der Waals surface area contributed by atoms with E-state index in [2.05, 4.69) is 27.8 Å². The van der Waals surface area contributed by atoms with Crippen molar-refractivity contribution in [1.29, 1.82) is 0 Å². The lowest BCUT2D eigenvalue weighted by Gasteiger charge is -2.14. The summed E-state index contributed by atoms with van der Waals surface area (Å²) in [6.07, 6.45) is 1.51. The molecule has 108 valence electrons. The zero-order chi connectivity index (χ0) is 15.1. The number of aryl methyl sites for hydroxylation is 1. The number of carboxylic acid groups (broad SMARTS) is 1. The second kappa shape index (κ2) is 7.81. The first-order valence-electron chi connectivity index (χ1n) is 5.94. The molecule has 1 unspecified atom stereocenters. The standard InChI is InChI=1S/C14H16BrNO4/c1-3-6-20-8-12(14(18)19)16-13(17)10-4-5-11(15)9(2)7-10/h3-5,7,12H,1,6,8H2,2H3,(H,16,17)(H,18,19). The highest BCUT2D eigenvalue weighted by molar-refractivity contribution is 9.10. The highest BCUT2D eigenvalue weighted by Crippen LogP contribution is 2.17. The van der Waals surface area contributed by atoms with E-state index in [-0.39, 0.29) is 13.2 Å². The number of hydrogen-bond acceptors (Lipinski definition) is 3. The fourth-order valence-corrected chi connectivity index (χ4v) is 1.72. The second-order valence-corrected chi connectivity index (χ2v) is 5.01. The minimum Gasteiger partial charge on any atom is -0.480 e. The van der Waals surface area contributed by atoms with Gasteiger partial charge in [-0.1, -0.05) is 22.0 Å². The van der Waals surface area contributed by atoms with Crippen LogP contribution in [0.5, 0.6) is 0 Å². The Balaban J connectivity index is 2.72. The molecule has 0 aliphatic rings. The van der Waals surface area contributed by atoms with Gasteiger partial charge < -0.3 is 15.2 Å². The Morgan fingerprint density at radius 3 is 2.80 bits per heavy atom. The number of benzene rings is 1. The summed E-state index contributed by atoms with van der Waals surface area (Å²) in [7, 11) is 0.